The van der Waals surface area contributed by atoms with E-state index in [4.69, 9.17) is 0 Å². The molecular weight excluding hydrogens is 128 g/mol. The number of thioether (sulfide) groups is 1. The van der Waals surface area contributed by atoms with Crippen molar-refractivity contribution < 1.29 is 0 Å². The standard InChI is InChI=1S/C8H16S/c1-7-5-3-4-6-8(7)9-2/h7-8H,3-6H2,1-2H3/t7-,8+/m0/s1. The molecule has 2 atom stereocenters. The van der Waals surface area contributed by atoms with Gasteiger partial charge in [0.05, 0.1) is 0 Å². The van der Waals surface area contributed by atoms with Gasteiger partial charge in [-0.1, -0.05) is 19.8 Å². The fraction of sp³-hybridized carbons (Fsp3) is 1.00. The molecule has 0 unspecified atom stereocenters. The van der Waals surface area contributed by atoms with Crippen LogP contribution in [0.4, 0.5) is 0 Å². The maximum absolute atomic E-state index is 2.39. The molecular formula is C8H16S. The van der Waals surface area contributed by atoms with Gasteiger partial charge >= 0.3 is 0 Å². The monoisotopic (exact) mass is 144 g/mol. The summed E-state index contributed by atoms with van der Waals surface area (Å²) in [7, 11) is 0. The summed E-state index contributed by atoms with van der Waals surface area (Å²) in [6.45, 7) is 2.39. The van der Waals surface area contributed by atoms with E-state index in [9.17, 15) is 0 Å². The zero-order valence-corrected chi connectivity index (χ0v) is 7.21. The Morgan fingerprint density at radius 2 is 1.89 bits per heavy atom. The van der Waals surface area contributed by atoms with Crippen LogP contribution in [0.5, 0.6) is 0 Å². The molecule has 0 spiro atoms. The number of rotatable bonds is 1. The van der Waals surface area contributed by atoms with E-state index < -0.39 is 0 Å². The van der Waals surface area contributed by atoms with Crippen LogP contribution in [0.3, 0.4) is 0 Å². The Balaban J connectivity index is 2.30. The second kappa shape index (κ2) is 3.50. The topological polar surface area (TPSA) is 0 Å². The molecule has 1 fully saturated rings. The summed E-state index contributed by atoms with van der Waals surface area (Å²) in [4.78, 5) is 0. The molecule has 1 aliphatic rings. The minimum atomic E-state index is 0.971. The van der Waals surface area contributed by atoms with Gasteiger partial charge in [-0.25, -0.2) is 0 Å². The molecule has 1 rings (SSSR count). The smallest absolute Gasteiger partial charge is 0.00699 e. The molecule has 0 radical (unpaired) electrons. The van der Waals surface area contributed by atoms with E-state index in [0.29, 0.717) is 0 Å². The lowest BCUT2D eigenvalue weighted by molar-refractivity contribution is 0.398. The molecule has 0 nitrogen and oxygen atoms in total. The second-order valence-corrected chi connectivity index (χ2v) is 4.11. The minimum absolute atomic E-state index is 0.971. The highest BCUT2D eigenvalue weighted by Gasteiger charge is 2.19. The van der Waals surface area contributed by atoms with Crippen LogP contribution in [-0.2, 0) is 0 Å². The molecule has 0 bridgehead atoms. The van der Waals surface area contributed by atoms with Gasteiger partial charge in [0, 0.05) is 5.25 Å². The first-order valence-electron chi connectivity index (χ1n) is 3.87. The van der Waals surface area contributed by atoms with Gasteiger partial charge < -0.3 is 0 Å². The highest BCUT2D eigenvalue weighted by Crippen LogP contribution is 2.31. The molecule has 0 heterocycles. The van der Waals surface area contributed by atoms with E-state index in [-0.39, 0.29) is 0 Å². The van der Waals surface area contributed by atoms with Crippen molar-refractivity contribution in [2.45, 2.75) is 37.9 Å². The predicted molar refractivity (Wildman–Crippen MR) is 44.9 cm³/mol. The summed E-state index contributed by atoms with van der Waals surface area (Å²) in [6, 6.07) is 0. The fourth-order valence-corrected chi connectivity index (χ4v) is 2.64. The van der Waals surface area contributed by atoms with Gasteiger partial charge in [0.1, 0.15) is 0 Å². The van der Waals surface area contributed by atoms with Crippen LogP contribution in [-0.4, -0.2) is 11.5 Å². The molecule has 0 aromatic carbocycles. The summed E-state index contributed by atoms with van der Waals surface area (Å²) < 4.78 is 0. The Morgan fingerprint density at radius 3 is 2.33 bits per heavy atom. The lowest BCUT2D eigenvalue weighted by atomic mass is 9.90. The average molecular weight is 144 g/mol. The van der Waals surface area contributed by atoms with Crippen molar-refractivity contribution in [3.63, 3.8) is 0 Å². The largest absolute Gasteiger partial charge is 0.162 e. The molecule has 0 amide bonds. The normalized spacial score (nSPS) is 36.7. The molecule has 0 N–H and O–H groups in total. The quantitative estimate of drug-likeness (QED) is 0.545. The van der Waals surface area contributed by atoms with Gasteiger partial charge in [-0.3, -0.25) is 0 Å². The Bertz CT molecular complexity index is 80.6. The average Bonchev–Trinajstić information content (AvgIpc) is 1.89. The third-order valence-electron chi connectivity index (χ3n) is 2.34. The molecule has 0 saturated heterocycles. The Labute approximate surface area is 62.4 Å². The summed E-state index contributed by atoms with van der Waals surface area (Å²) in [5.41, 5.74) is 0. The van der Waals surface area contributed by atoms with Crippen molar-refractivity contribution >= 4 is 11.8 Å². The Morgan fingerprint density at radius 1 is 1.22 bits per heavy atom. The predicted octanol–water partition coefficient (Wildman–Crippen LogP) is 2.93. The van der Waals surface area contributed by atoms with Crippen LogP contribution >= 0.6 is 11.8 Å². The van der Waals surface area contributed by atoms with Crippen LogP contribution in [0.25, 0.3) is 0 Å². The van der Waals surface area contributed by atoms with Crippen molar-refractivity contribution in [3.05, 3.63) is 0 Å². The van der Waals surface area contributed by atoms with Crippen LogP contribution in [0.2, 0.25) is 0 Å². The molecule has 0 aromatic rings. The van der Waals surface area contributed by atoms with Gasteiger partial charge in [0.25, 0.3) is 0 Å². The van der Waals surface area contributed by atoms with Crippen LogP contribution in [0.1, 0.15) is 32.6 Å². The SMILES string of the molecule is CS[C@@H]1CCCC[C@@H]1C. The second-order valence-electron chi connectivity index (χ2n) is 3.04. The number of hydrogen-bond donors (Lipinski definition) is 0. The van der Waals surface area contributed by atoms with Crippen molar-refractivity contribution in [3.8, 4) is 0 Å². The van der Waals surface area contributed by atoms with Crippen molar-refractivity contribution in [1.82, 2.24) is 0 Å². The summed E-state index contributed by atoms with van der Waals surface area (Å²) in [5.74, 6) is 0.980. The highest BCUT2D eigenvalue weighted by atomic mass is 32.2. The molecule has 1 aliphatic carbocycles. The maximum atomic E-state index is 2.39. The third kappa shape index (κ3) is 1.89. The van der Waals surface area contributed by atoms with Crippen LogP contribution in [0, 0.1) is 5.92 Å². The first-order chi connectivity index (χ1) is 4.34. The third-order valence-corrected chi connectivity index (χ3v) is 3.64. The molecule has 1 heteroatoms. The Kier molecular flexibility index (Phi) is 2.90. The first kappa shape index (κ1) is 7.46. The van der Waals surface area contributed by atoms with E-state index in [2.05, 4.69) is 24.9 Å². The molecule has 1 saturated carbocycles. The van der Waals surface area contributed by atoms with E-state index in [1.54, 1.807) is 0 Å². The summed E-state index contributed by atoms with van der Waals surface area (Å²) in [5, 5.41) is 0.971. The highest BCUT2D eigenvalue weighted by molar-refractivity contribution is 7.99. The van der Waals surface area contributed by atoms with E-state index in [0.717, 1.165) is 11.2 Å². The van der Waals surface area contributed by atoms with Crippen LogP contribution in [0.15, 0.2) is 0 Å². The first-order valence-corrected chi connectivity index (χ1v) is 5.16. The lowest BCUT2D eigenvalue weighted by Gasteiger charge is -2.26. The number of hydrogen-bond acceptors (Lipinski definition) is 1. The van der Waals surface area contributed by atoms with Gasteiger partial charge in [0.15, 0.2) is 0 Å². The molecule has 0 aliphatic heterocycles. The van der Waals surface area contributed by atoms with Crippen molar-refractivity contribution in [2.75, 3.05) is 6.26 Å². The van der Waals surface area contributed by atoms with Crippen LogP contribution < -0.4 is 0 Å². The molecule has 0 aromatic heterocycles. The van der Waals surface area contributed by atoms with Gasteiger partial charge in [-0.2, -0.15) is 11.8 Å². The summed E-state index contributed by atoms with van der Waals surface area (Å²) in [6.07, 6.45) is 8.11. The lowest BCUT2D eigenvalue weighted by Crippen LogP contribution is -2.18. The van der Waals surface area contributed by atoms with Gasteiger partial charge in [0.2, 0.25) is 0 Å². The van der Waals surface area contributed by atoms with E-state index >= 15 is 0 Å². The minimum Gasteiger partial charge on any atom is -0.162 e. The Hall–Kier alpha value is 0.350. The maximum Gasteiger partial charge on any atom is 0.00699 e. The fourth-order valence-electron chi connectivity index (χ4n) is 1.63. The summed E-state index contributed by atoms with van der Waals surface area (Å²) >= 11 is 2.05. The molecule has 9 heavy (non-hydrogen) atoms. The van der Waals surface area contributed by atoms with Gasteiger partial charge in [-0.15, -0.1) is 0 Å². The molecule has 54 valence electrons. The van der Waals surface area contributed by atoms with Crippen molar-refractivity contribution in [2.24, 2.45) is 5.92 Å². The zero-order chi connectivity index (χ0) is 6.69. The van der Waals surface area contributed by atoms with E-state index in [1.807, 2.05) is 0 Å². The van der Waals surface area contributed by atoms with Crippen molar-refractivity contribution in [1.29, 1.82) is 0 Å². The van der Waals surface area contributed by atoms with E-state index in [1.165, 1.54) is 25.7 Å². The zero-order valence-electron chi connectivity index (χ0n) is 6.39. The van der Waals surface area contributed by atoms with Gasteiger partial charge in [-0.05, 0) is 25.0 Å².